The summed E-state index contributed by atoms with van der Waals surface area (Å²) in [5, 5.41) is 17.6. The van der Waals surface area contributed by atoms with Gasteiger partial charge in [0.25, 0.3) is 5.91 Å². The van der Waals surface area contributed by atoms with Gasteiger partial charge in [0.1, 0.15) is 6.20 Å². The zero-order chi connectivity index (χ0) is 14.5. The molecule has 0 saturated carbocycles. The Labute approximate surface area is 115 Å². The Morgan fingerprint density at radius 1 is 1.60 bits per heavy atom. The highest BCUT2D eigenvalue weighted by Gasteiger charge is 2.28. The Morgan fingerprint density at radius 3 is 2.90 bits per heavy atom. The second-order valence-corrected chi connectivity index (χ2v) is 4.49. The molecule has 1 aromatic heterocycles. The van der Waals surface area contributed by atoms with Gasteiger partial charge in [-0.2, -0.15) is 5.10 Å². The number of amides is 1. The second kappa shape index (κ2) is 6.44. The Hall–Kier alpha value is -2.00. The monoisotopic (exact) mass is 283 g/mol. The summed E-state index contributed by atoms with van der Waals surface area (Å²) in [5.41, 5.74) is 4.83. The zero-order valence-corrected chi connectivity index (χ0v) is 10.9. The summed E-state index contributed by atoms with van der Waals surface area (Å²) in [6.07, 6.45) is 2.76. The lowest BCUT2D eigenvalue weighted by Crippen LogP contribution is -2.30. The van der Waals surface area contributed by atoms with Crippen LogP contribution in [0.25, 0.3) is 0 Å². The van der Waals surface area contributed by atoms with Gasteiger partial charge in [0.05, 0.1) is 11.0 Å². The number of ether oxygens (including phenoxy) is 1. The van der Waals surface area contributed by atoms with Crippen molar-refractivity contribution >= 4 is 11.6 Å². The van der Waals surface area contributed by atoms with Crippen molar-refractivity contribution in [2.45, 2.75) is 18.9 Å². The first-order chi connectivity index (χ1) is 9.63. The summed E-state index contributed by atoms with van der Waals surface area (Å²) in [4.78, 5) is 22.3. The van der Waals surface area contributed by atoms with E-state index in [1.165, 1.54) is 10.9 Å². The van der Waals surface area contributed by atoms with E-state index in [0.29, 0.717) is 13.2 Å². The van der Waals surface area contributed by atoms with E-state index < -0.39 is 10.8 Å². The maximum atomic E-state index is 11.9. The molecular formula is C11H17N5O4. The lowest BCUT2D eigenvalue weighted by Gasteiger charge is -2.21. The summed E-state index contributed by atoms with van der Waals surface area (Å²) in [6.45, 7) is 1.69. The van der Waals surface area contributed by atoms with Crippen molar-refractivity contribution in [2.75, 3.05) is 26.3 Å². The van der Waals surface area contributed by atoms with Crippen LogP contribution in [-0.2, 0) is 4.74 Å². The molecule has 0 radical (unpaired) electrons. The normalized spacial score (nSPS) is 16.1. The molecule has 1 fully saturated rings. The molecule has 2 rings (SSSR count). The maximum absolute atomic E-state index is 11.9. The molecule has 110 valence electrons. The molecule has 1 aliphatic rings. The summed E-state index contributed by atoms with van der Waals surface area (Å²) < 4.78 is 6.74. The van der Waals surface area contributed by atoms with Crippen LogP contribution in [0.4, 0.5) is 5.69 Å². The summed E-state index contributed by atoms with van der Waals surface area (Å²) in [6, 6.07) is 0.0264. The number of hydrogen-bond acceptors (Lipinski definition) is 6. The van der Waals surface area contributed by atoms with Gasteiger partial charge in [-0.25, -0.2) is 0 Å². The third kappa shape index (κ3) is 3.11. The first-order valence-electron chi connectivity index (χ1n) is 6.43. The van der Waals surface area contributed by atoms with Gasteiger partial charge in [-0.15, -0.1) is 0 Å². The fourth-order valence-electron chi connectivity index (χ4n) is 2.08. The molecule has 1 saturated heterocycles. The number of hydrogen-bond donors (Lipinski definition) is 2. The molecule has 3 N–H and O–H groups in total. The predicted octanol–water partition coefficient (Wildman–Crippen LogP) is -0.169. The van der Waals surface area contributed by atoms with E-state index in [9.17, 15) is 14.9 Å². The van der Waals surface area contributed by atoms with Gasteiger partial charge in [-0.1, -0.05) is 0 Å². The lowest BCUT2D eigenvalue weighted by molar-refractivity contribution is -0.385. The number of carbonyl (C=O) groups is 1. The molecule has 0 unspecified atom stereocenters. The molecule has 20 heavy (non-hydrogen) atoms. The van der Waals surface area contributed by atoms with Crippen molar-refractivity contribution in [1.29, 1.82) is 0 Å². The van der Waals surface area contributed by atoms with Gasteiger partial charge in [-0.3, -0.25) is 19.6 Å². The zero-order valence-electron chi connectivity index (χ0n) is 10.9. The van der Waals surface area contributed by atoms with Crippen LogP contribution in [0.15, 0.2) is 6.20 Å². The third-order valence-corrected chi connectivity index (χ3v) is 3.12. The van der Waals surface area contributed by atoms with E-state index in [4.69, 9.17) is 10.5 Å². The van der Waals surface area contributed by atoms with Crippen LogP contribution < -0.4 is 11.1 Å². The Bertz CT molecular complexity index is 495. The Morgan fingerprint density at radius 2 is 2.30 bits per heavy atom. The van der Waals surface area contributed by atoms with Crippen molar-refractivity contribution in [2.24, 2.45) is 5.73 Å². The first-order valence-corrected chi connectivity index (χ1v) is 6.43. The molecule has 1 aromatic rings. The number of nitrogens with zero attached hydrogens (tertiary/aromatic N) is 3. The van der Waals surface area contributed by atoms with E-state index in [1.54, 1.807) is 0 Å². The van der Waals surface area contributed by atoms with Gasteiger partial charge < -0.3 is 15.8 Å². The highest BCUT2D eigenvalue weighted by molar-refractivity contribution is 5.96. The highest BCUT2D eigenvalue weighted by atomic mass is 16.6. The first kappa shape index (κ1) is 14.4. The number of aromatic nitrogens is 2. The molecule has 0 atom stereocenters. The fraction of sp³-hybridized carbons (Fsp3) is 0.636. The molecule has 0 aliphatic carbocycles. The predicted molar refractivity (Wildman–Crippen MR) is 69.4 cm³/mol. The van der Waals surface area contributed by atoms with Gasteiger partial charge in [0, 0.05) is 26.3 Å². The quantitative estimate of drug-likeness (QED) is 0.571. The molecule has 9 nitrogen and oxygen atoms in total. The third-order valence-electron chi connectivity index (χ3n) is 3.12. The summed E-state index contributed by atoms with van der Waals surface area (Å²) in [7, 11) is 0. The van der Waals surface area contributed by atoms with Gasteiger partial charge in [0.15, 0.2) is 0 Å². The van der Waals surface area contributed by atoms with Crippen LogP contribution in [0.3, 0.4) is 0 Å². The van der Waals surface area contributed by atoms with Gasteiger partial charge in [0.2, 0.25) is 5.69 Å². The average molecular weight is 283 g/mol. The van der Waals surface area contributed by atoms with E-state index in [0.717, 1.165) is 12.8 Å². The standard InChI is InChI=1S/C11H17N5O4/c12-3-4-13-11(17)10-9(16(18)19)7-15(14-10)8-1-5-20-6-2-8/h7-8H,1-6,12H2,(H,13,17). The molecule has 1 aliphatic heterocycles. The minimum absolute atomic E-state index is 0.0264. The highest BCUT2D eigenvalue weighted by Crippen LogP contribution is 2.25. The number of nitrogens with one attached hydrogen (secondary N) is 1. The number of carbonyl (C=O) groups excluding carboxylic acids is 1. The fourth-order valence-corrected chi connectivity index (χ4v) is 2.08. The van der Waals surface area contributed by atoms with Crippen molar-refractivity contribution in [1.82, 2.24) is 15.1 Å². The molecule has 1 amide bonds. The van der Waals surface area contributed by atoms with Gasteiger partial charge >= 0.3 is 5.69 Å². The van der Waals surface area contributed by atoms with Crippen LogP contribution in [0, 0.1) is 10.1 Å². The van der Waals surface area contributed by atoms with E-state index in [2.05, 4.69) is 10.4 Å². The molecular weight excluding hydrogens is 266 g/mol. The van der Waals surface area contributed by atoms with Crippen LogP contribution in [0.2, 0.25) is 0 Å². The number of nitrogens with two attached hydrogens (primary N) is 1. The van der Waals surface area contributed by atoms with Crippen molar-refractivity contribution in [3.63, 3.8) is 0 Å². The van der Waals surface area contributed by atoms with E-state index >= 15 is 0 Å². The minimum Gasteiger partial charge on any atom is -0.381 e. The van der Waals surface area contributed by atoms with Crippen molar-refractivity contribution in [3.8, 4) is 0 Å². The molecule has 9 heteroatoms. The van der Waals surface area contributed by atoms with E-state index in [-0.39, 0.29) is 30.5 Å². The van der Waals surface area contributed by atoms with Gasteiger partial charge in [-0.05, 0) is 12.8 Å². The van der Waals surface area contributed by atoms with Crippen LogP contribution in [0.1, 0.15) is 29.4 Å². The average Bonchev–Trinajstić information content (AvgIpc) is 2.91. The largest absolute Gasteiger partial charge is 0.381 e. The molecule has 0 aromatic carbocycles. The minimum atomic E-state index is -0.597. The lowest BCUT2D eigenvalue weighted by atomic mass is 10.1. The number of rotatable bonds is 5. The van der Waals surface area contributed by atoms with Crippen LogP contribution in [0.5, 0.6) is 0 Å². The molecule has 0 spiro atoms. The molecule has 0 bridgehead atoms. The Balaban J connectivity index is 2.23. The summed E-state index contributed by atoms with van der Waals surface area (Å²) in [5.74, 6) is -0.576. The van der Waals surface area contributed by atoms with Crippen LogP contribution >= 0.6 is 0 Å². The smallest absolute Gasteiger partial charge is 0.320 e. The topological polar surface area (TPSA) is 125 Å². The van der Waals surface area contributed by atoms with Crippen molar-refractivity contribution in [3.05, 3.63) is 22.0 Å². The maximum Gasteiger partial charge on any atom is 0.320 e. The Kier molecular flexibility index (Phi) is 4.64. The van der Waals surface area contributed by atoms with E-state index in [1.807, 2.05) is 0 Å². The second-order valence-electron chi connectivity index (χ2n) is 4.49. The SMILES string of the molecule is NCCNC(=O)c1nn(C2CCOCC2)cc1[N+](=O)[O-]. The molecule has 2 heterocycles. The van der Waals surface area contributed by atoms with Crippen LogP contribution in [-0.4, -0.2) is 46.9 Å². The van der Waals surface area contributed by atoms with Crippen molar-refractivity contribution < 1.29 is 14.5 Å². The summed E-state index contributed by atoms with van der Waals surface area (Å²) >= 11 is 0. The number of nitro groups is 1.